The van der Waals surface area contributed by atoms with Crippen LogP contribution in [0.2, 0.25) is 0 Å². The van der Waals surface area contributed by atoms with Gasteiger partial charge in [0.2, 0.25) is 0 Å². The molecule has 1 atom stereocenters. The largest absolute Gasteiger partial charge is 0.387 e. The number of aliphatic hydroxyl groups is 1. The summed E-state index contributed by atoms with van der Waals surface area (Å²) < 4.78 is 7.15. The number of β-amino-alcohol motifs (C(OH)–C–C–N with tert-alkyl or cyclic N) is 1. The van der Waals surface area contributed by atoms with E-state index in [0.717, 1.165) is 26.3 Å². The van der Waals surface area contributed by atoms with Crippen molar-refractivity contribution in [1.82, 2.24) is 14.4 Å². The Morgan fingerprint density at radius 1 is 1.38 bits per heavy atom. The molecule has 0 aliphatic carbocycles. The Hall–Kier alpha value is -1.37. The molecule has 1 N–H and O–H groups in total. The number of aromatic nitrogens is 1. The molecular formula is C15H23N3O3. The van der Waals surface area contributed by atoms with Gasteiger partial charge in [-0.15, -0.1) is 0 Å². The summed E-state index contributed by atoms with van der Waals surface area (Å²) in [7, 11) is 1.86. The third kappa shape index (κ3) is 3.12. The van der Waals surface area contributed by atoms with Gasteiger partial charge in [-0.25, -0.2) is 0 Å². The lowest BCUT2D eigenvalue weighted by Gasteiger charge is -2.33. The minimum Gasteiger partial charge on any atom is -0.387 e. The van der Waals surface area contributed by atoms with Gasteiger partial charge < -0.3 is 19.3 Å². The maximum Gasteiger partial charge on any atom is 0.270 e. The third-order valence-corrected chi connectivity index (χ3v) is 4.40. The molecule has 2 aliphatic heterocycles. The van der Waals surface area contributed by atoms with Crippen molar-refractivity contribution in [1.29, 1.82) is 0 Å². The minimum atomic E-state index is -0.793. The van der Waals surface area contributed by atoms with Crippen molar-refractivity contribution in [3.8, 4) is 0 Å². The van der Waals surface area contributed by atoms with Crippen LogP contribution in [0.15, 0.2) is 18.3 Å². The first-order chi connectivity index (χ1) is 10.1. The molecule has 3 rings (SSSR count). The summed E-state index contributed by atoms with van der Waals surface area (Å²) in [5.41, 5.74) is -0.122. The van der Waals surface area contributed by atoms with Crippen molar-refractivity contribution < 1.29 is 14.6 Å². The standard InChI is InChI=1S/C15H23N3O3/c1-16-5-2-3-13(16)14(19)18-6-4-15(20,12-18)11-17-7-9-21-10-8-17/h2-3,5,20H,4,6-12H2,1H3/t15-/m0/s1. The molecule has 116 valence electrons. The summed E-state index contributed by atoms with van der Waals surface area (Å²) >= 11 is 0. The monoisotopic (exact) mass is 293 g/mol. The predicted octanol–water partition coefficient (Wildman–Crippen LogP) is -0.0657. The van der Waals surface area contributed by atoms with Crippen LogP contribution in [0.25, 0.3) is 0 Å². The quantitative estimate of drug-likeness (QED) is 0.848. The highest BCUT2D eigenvalue weighted by atomic mass is 16.5. The van der Waals surface area contributed by atoms with Crippen LogP contribution in [-0.4, -0.2) is 76.9 Å². The van der Waals surface area contributed by atoms with Crippen molar-refractivity contribution in [2.75, 3.05) is 45.9 Å². The second kappa shape index (κ2) is 5.79. The summed E-state index contributed by atoms with van der Waals surface area (Å²) in [6, 6.07) is 3.69. The van der Waals surface area contributed by atoms with E-state index in [9.17, 15) is 9.90 Å². The lowest BCUT2D eigenvalue weighted by molar-refractivity contribution is -0.0257. The molecule has 2 aliphatic rings. The van der Waals surface area contributed by atoms with Crippen LogP contribution in [0.1, 0.15) is 16.9 Å². The molecule has 6 nitrogen and oxygen atoms in total. The van der Waals surface area contributed by atoms with Crippen LogP contribution in [0.5, 0.6) is 0 Å². The van der Waals surface area contributed by atoms with E-state index in [-0.39, 0.29) is 5.91 Å². The molecule has 1 aromatic heterocycles. The molecule has 0 radical (unpaired) electrons. The van der Waals surface area contributed by atoms with Gasteiger partial charge in [0.1, 0.15) is 5.69 Å². The SMILES string of the molecule is Cn1cccc1C(=O)N1CC[C@](O)(CN2CCOCC2)C1. The maximum absolute atomic E-state index is 12.5. The Morgan fingerprint density at radius 2 is 2.14 bits per heavy atom. The van der Waals surface area contributed by atoms with Gasteiger partial charge in [-0.1, -0.05) is 0 Å². The van der Waals surface area contributed by atoms with Gasteiger partial charge in [0.25, 0.3) is 5.91 Å². The zero-order chi connectivity index (χ0) is 14.9. The van der Waals surface area contributed by atoms with Crippen LogP contribution in [0.4, 0.5) is 0 Å². The van der Waals surface area contributed by atoms with Gasteiger partial charge in [-0.05, 0) is 18.6 Å². The first-order valence-electron chi connectivity index (χ1n) is 7.50. The second-order valence-electron chi connectivity index (χ2n) is 6.09. The molecule has 0 unspecified atom stereocenters. The van der Waals surface area contributed by atoms with Crippen LogP contribution < -0.4 is 0 Å². The van der Waals surface area contributed by atoms with E-state index < -0.39 is 5.60 Å². The smallest absolute Gasteiger partial charge is 0.270 e. The van der Waals surface area contributed by atoms with Crippen LogP contribution in [0, 0.1) is 0 Å². The van der Waals surface area contributed by atoms with E-state index in [2.05, 4.69) is 4.90 Å². The zero-order valence-electron chi connectivity index (χ0n) is 12.5. The predicted molar refractivity (Wildman–Crippen MR) is 78.1 cm³/mol. The number of ether oxygens (including phenoxy) is 1. The second-order valence-corrected chi connectivity index (χ2v) is 6.09. The van der Waals surface area contributed by atoms with E-state index in [1.807, 2.05) is 29.9 Å². The van der Waals surface area contributed by atoms with Gasteiger partial charge in [-0.3, -0.25) is 9.69 Å². The normalized spacial score (nSPS) is 27.2. The Kier molecular flexibility index (Phi) is 4.01. The highest BCUT2D eigenvalue weighted by molar-refractivity contribution is 5.93. The van der Waals surface area contributed by atoms with Crippen molar-refractivity contribution in [2.45, 2.75) is 12.0 Å². The fourth-order valence-corrected chi connectivity index (χ4v) is 3.18. The lowest BCUT2D eigenvalue weighted by atomic mass is 10.0. The topological polar surface area (TPSA) is 57.9 Å². The molecule has 2 fully saturated rings. The van der Waals surface area contributed by atoms with Crippen molar-refractivity contribution in [3.63, 3.8) is 0 Å². The highest BCUT2D eigenvalue weighted by Gasteiger charge is 2.40. The molecule has 1 aromatic rings. The number of carbonyl (C=O) groups excluding carboxylic acids is 1. The van der Waals surface area contributed by atoms with Gasteiger partial charge in [0, 0.05) is 39.4 Å². The van der Waals surface area contributed by atoms with E-state index in [0.29, 0.717) is 31.7 Å². The van der Waals surface area contributed by atoms with Gasteiger partial charge in [0.15, 0.2) is 0 Å². The van der Waals surface area contributed by atoms with Gasteiger partial charge in [0.05, 0.1) is 25.4 Å². The first-order valence-corrected chi connectivity index (χ1v) is 7.50. The average molecular weight is 293 g/mol. The number of hydrogen-bond acceptors (Lipinski definition) is 4. The summed E-state index contributed by atoms with van der Waals surface area (Å²) in [5, 5.41) is 10.7. The Morgan fingerprint density at radius 3 is 2.81 bits per heavy atom. The summed E-state index contributed by atoms with van der Waals surface area (Å²) in [4.78, 5) is 16.5. The summed E-state index contributed by atoms with van der Waals surface area (Å²) in [6.45, 7) is 4.80. The molecule has 0 aromatic carbocycles. The molecule has 21 heavy (non-hydrogen) atoms. The van der Waals surface area contributed by atoms with E-state index in [1.54, 1.807) is 4.90 Å². The van der Waals surface area contributed by atoms with Gasteiger partial charge >= 0.3 is 0 Å². The third-order valence-electron chi connectivity index (χ3n) is 4.40. The molecule has 6 heteroatoms. The number of rotatable bonds is 3. The van der Waals surface area contributed by atoms with Gasteiger partial charge in [-0.2, -0.15) is 0 Å². The van der Waals surface area contributed by atoms with E-state index in [1.165, 1.54) is 0 Å². The number of morpholine rings is 1. The van der Waals surface area contributed by atoms with E-state index in [4.69, 9.17) is 4.74 Å². The fourth-order valence-electron chi connectivity index (χ4n) is 3.18. The number of hydrogen-bond donors (Lipinski definition) is 1. The molecule has 0 spiro atoms. The lowest BCUT2D eigenvalue weighted by Crippen LogP contribution is -2.49. The molecule has 0 saturated carbocycles. The van der Waals surface area contributed by atoms with Crippen LogP contribution in [-0.2, 0) is 11.8 Å². The number of carbonyl (C=O) groups is 1. The molecule has 2 saturated heterocycles. The van der Waals surface area contributed by atoms with Crippen molar-refractivity contribution in [2.24, 2.45) is 7.05 Å². The van der Waals surface area contributed by atoms with Crippen molar-refractivity contribution >= 4 is 5.91 Å². The average Bonchev–Trinajstić information content (AvgIpc) is 3.06. The Labute approximate surface area is 124 Å². The van der Waals surface area contributed by atoms with E-state index >= 15 is 0 Å². The Balaban J connectivity index is 1.61. The Bertz CT molecular complexity index is 510. The number of likely N-dealkylation sites (tertiary alicyclic amines) is 1. The molecule has 1 amide bonds. The number of amides is 1. The molecular weight excluding hydrogens is 270 g/mol. The van der Waals surface area contributed by atoms with Crippen LogP contribution in [0.3, 0.4) is 0 Å². The number of nitrogens with zero attached hydrogens (tertiary/aromatic N) is 3. The highest BCUT2D eigenvalue weighted by Crippen LogP contribution is 2.24. The minimum absolute atomic E-state index is 0.000373. The first kappa shape index (κ1) is 14.6. The fraction of sp³-hybridized carbons (Fsp3) is 0.667. The zero-order valence-corrected chi connectivity index (χ0v) is 12.5. The maximum atomic E-state index is 12.5. The molecule has 0 bridgehead atoms. The van der Waals surface area contributed by atoms with Crippen LogP contribution >= 0.6 is 0 Å². The molecule has 3 heterocycles. The number of aryl methyl sites for hydroxylation is 1. The summed E-state index contributed by atoms with van der Waals surface area (Å²) in [6.07, 6.45) is 2.50. The summed E-state index contributed by atoms with van der Waals surface area (Å²) in [5.74, 6) is 0.000373. The van der Waals surface area contributed by atoms with Crippen molar-refractivity contribution in [3.05, 3.63) is 24.0 Å².